The first kappa shape index (κ1) is 17.3. The molecule has 3 atom stereocenters. The van der Waals surface area contributed by atoms with Crippen LogP contribution in [0, 0.1) is 17.3 Å². The summed E-state index contributed by atoms with van der Waals surface area (Å²) >= 11 is 0. The Morgan fingerprint density at radius 2 is 2.25 bits per heavy atom. The molecule has 1 aromatic rings. The number of nitrogens with one attached hydrogen (secondary N) is 2. The average Bonchev–Trinajstić information content (AvgIpc) is 3.19. The smallest absolute Gasteiger partial charge is 0.191 e. The molecule has 5 nitrogen and oxygen atoms in total. The molecule has 2 fully saturated rings. The fourth-order valence-corrected chi connectivity index (χ4v) is 3.95. The highest BCUT2D eigenvalue weighted by Crippen LogP contribution is 2.52. The molecule has 3 rings (SSSR count). The lowest BCUT2D eigenvalue weighted by Crippen LogP contribution is -2.68. The van der Waals surface area contributed by atoms with Crippen molar-refractivity contribution >= 4 is 5.96 Å². The number of guanidine groups is 1. The maximum absolute atomic E-state index is 5.89. The maximum Gasteiger partial charge on any atom is 0.191 e. The first-order chi connectivity index (χ1) is 11.5. The molecular formula is C19H31N3O2. The van der Waals surface area contributed by atoms with Gasteiger partial charge in [0.1, 0.15) is 5.76 Å². The topological polar surface area (TPSA) is 58.8 Å². The minimum atomic E-state index is 0.155. The highest BCUT2D eigenvalue weighted by atomic mass is 16.5. The lowest BCUT2D eigenvalue weighted by atomic mass is 9.57. The molecule has 0 aromatic carbocycles. The predicted molar refractivity (Wildman–Crippen MR) is 96.1 cm³/mol. The number of nitrogens with zero attached hydrogens (tertiary/aromatic N) is 1. The van der Waals surface area contributed by atoms with Gasteiger partial charge in [-0.05, 0) is 24.5 Å². The van der Waals surface area contributed by atoms with E-state index < -0.39 is 0 Å². The monoisotopic (exact) mass is 333 g/mol. The van der Waals surface area contributed by atoms with Crippen LogP contribution in [0.15, 0.2) is 27.8 Å². The molecule has 2 aliphatic rings. The predicted octanol–water partition coefficient (Wildman–Crippen LogP) is 2.83. The summed E-state index contributed by atoms with van der Waals surface area (Å²) in [5.41, 5.74) is 0.155. The highest BCUT2D eigenvalue weighted by Gasteiger charge is 2.59. The van der Waals surface area contributed by atoms with Crippen molar-refractivity contribution in [1.82, 2.24) is 10.6 Å². The van der Waals surface area contributed by atoms with Gasteiger partial charge in [-0.1, -0.05) is 27.7 Å². The van der Waals surface area contributed by atoms with E-state index in [0.717, 1.165) is 44.3 Å². The summed E-state index contributed by atoms with van der Waals surface area (Å²) in [6.07, 6.45) is 4.12. The van der Waals surface area contributed by atoms with Crippen LogP contribution in [-0.4, -0.2) is 37.8 Å². The third kappa shape index (κ3) is 3.61. The molecule has 5 heteroatoms. The Hall–Kier alpha value is -1.49. The molecule has 1 aliphatic carbocycles. The van der Waals surface area contributed by atoms with Crippen molar-refractivity contribution in [2.24, 2.45) is 22.2 Å². The lowest BCUT2D eigenvalue weighted by Gasteiger charge is -2.55. The zero-order chi connectivity index (χ0) is 17.2. The molecule has 1 saturated heterocycles. The fourth-order valence-electron chi connectivity index (χ4n) is 3.95. The van der Waals surface area contributed by atoms with Crippen LogP contribution in [0.1, 0.15) is 39.9 Å². The standard InChI is InChI=1S/C19H31N3O2/c1-13(2)12-21-18(20-9-7-14-6-5-10-23-14)22-16-15-8-11-24-17(15)19(16,3)4/h5-6,10,13,15-17H,7-9,11-12H2,1-4H3,(H2,20,21,22). The number of ether oxygens (including phenoxy) is 1. The van der Waals surface area contributed by atoms with Gasteiger partial charge < -0.3 is 19.8 Å². The largest absolute Gasteiger partial charge is 0.469 e. The number of hydrogen-bond acceptors (Lipinski definition) is 3. The van der Waals surface area contributed by atoms with Crippen molar-refractivity contribution in [2.75, 3.05) is 19.7 Å². The van der Waals surface area contributed by atoms with E-state index in [4.69, 9.17) is 14.1 Å². The number of furan rings is 1. The van der Waals surface area contributed by atoms with Gasteiger partial charge in [-0.15, -0.1) is 0 Å². The van der Waals surface area contributed by atoms with Crippen LogP contribution in [0.25, 0.3) is 0 Å². The summed E-state index contributed by atoms with van der Waals surface area (Å²) in [6.45, 7) is 11.5. The van der Waals surface area contributed by atoms with Gasteiger partial charge in [0.15, 0.2) is 5.96 Å². The van der Waals surface area contributed by atoms with Gasteiger partial charge in [0, 0.05) is 43.5 Å². The van der Waals surface area contributed by atoms with Crippen LogP contribution in [0.2, 0.25) is 0 Å². The van der Waals surface area contributed by atoms with E-state index in [1.807, 2.05) is 12.1 Å². The molecule has 1 aliphatic heterocycles. The van der Waals surface area contributed by atoms with Crippen LogP contribution in [0.3, 0.4) is 0 Å². The molecule has 0 spiro atoms. The van der Waals surface area contributed by atoms with Crippen molar-refractivity contribution in [2.45, 2.75) is 52.7 Å². The summed E-state index contributed by atoms with van der Waals surface area (Å²) < 4.78 is 11.3. The third-order valence-corrected chi connectivity index (χ3v) is 5.25. The van der Waals surface area contributed by atoms with Crippen molar-refractivity contribution in [3.63, 3.8) is 0 Å². The van der Waals surface area contributed by atoms with Crippen LogP contribution in [0.4, 0.5) is 0 Å². The summed E-state index contributed by atoms with van der Waals surface area (Å²) in [7, 11) is 0. The average molecular weight is 333 g/mol. The van der Waals surface area contributed by atoms with E-state index in [9.17, 15) is 0 Å². The maximum atomic E-state index is 5.89. The highest BCUT2D eigenvalue weighted by molar-refractivity contribution is 5.80. The van der Waals surface area contributed by atoms with Gasteiger partial charge in [0.2, 0.25) is 0 Å². The first-order valence-corrected chi connectivity index (χ1v) is 9.17. The van der Waals surface area contributed by atoms with Gasteiger partial charge >= 0.3 is 0 Å². The molecule has 0 amide bonds. The van der Waals surface area contributed by atoms with E-state index in [-0.39, 0.29) is 5.41 Å². The molecule has 0 bridgehead atoms. The second kappa shape index (κ2) is 7.18. The van der Waals surface area contributed by atoms with Crippen LogP contribution >= 0.6 is 0 Å². The van der Waals surface area contributed by atoms with Crippen molar-refractivity contribution < 1.29 is 9.15 Å². The zero-order valence-corrected chi connectivity index (χ0v) is 15.3. The van der Waals surface area contributed by atoms with E-state index in [1.165, 1.54) is 0 Å². The molecule has 134 valence electrons. The van der Waals surface area contributed by atoms with Crippen LogP contribution < -0.4 is 10.6 Å². The quantitative estimate of drug-likeness (QED) is 0.621. The van der Waals surface area contributed by atoms with E-state index in [1.54, 1.807) is 6.26 Å². The summed E-state index contributed by atoms with van der Waals surface area (Å²) in [5, 5.41) is 7.15. The molecule has 2 heterocycles. The Bertz CT molecular complexity index is 551. The Kier molecular flexibility index (Phi) is 5.18. The Labute approximate surface area is 145 Å². The molecule has 1 saturated carbocycles. The fraction of sp³-hybridized carbons (Fsp3) is 0.737. The van der Waals surface area contributed by atoms with Gasteiger partial charge in [0.25, 0.3) is 0 Å². The molecule has 24 heavy (non-hydrogen) atoms. The minimum absolute atomic E-state index is 0.155. The normalized spacial score (nSPS) is 28.5. The zero-order valence-electron chi connectivity index (χ0n) is 15.3. The van der Waals surface area contributed by atoms with E-state index in [2.05, 4.69) is 38.3 Å². The lowest BCUT2D eigenvalue weighted by molar-refractivity contribution is -0.106. The van der Waals surface area contributed by atoms with Gasteiger partial charge in [-0.3, -0.25) is 4.99 Å². The van der Waals surface area contributed by atoms with Gasteiger partial charge in [0.05, 0.1) is 12.4 Å². The van der Waals surface area contributed by atoms with Crippen LogP contribution in [-0.2, 0) is 11.2 Å². The second-order valence-corrected chi connectivity index (χ2v) is 8.03. The molecule has 3 unspecified atom stereocenters. The minimum Gasteiger partial charge on any atom is -0.469 e. The molecule has 2 N–H and O–H groups in total. The van der Waals surface area contributed by atoms with Crippen LogP contribution in [0.5, 0.6) is 0 Å². The van der Waals surface area contributed by atoms with Crippen molar-refractivity contribution in [1.29, 1.82) is 0 Å². The number of hydrogen-bond donors (Lipinski definition) is 2. The van der Waals surface area contributed by atoms with E-state index in [0.29, 0.717) is 24.0 Å². The second-order valence-electron chi connectivity index (χ2n) is 8.03. The Morgan fingerprint density at radius 1 is 1.42 bits per heavy atom. The number of aliphatic imine (C=N–C) groups is 1. The summed E-state index contributed by atoms with van der Waals surface area (Å²) in [5.74, 6) is 3.07. The summed E-state index contributed by atoms with van der Waals surface area (Å²) in [4.78, 5) is 4.77. The van der Waals surface area contributed by atoms with Crippen molar-refractivity contribution in [3.8, 4) is 0 Å². The third-order valence-electron chi connectivity index (χ3n) is 5.25. The first-order valence-electron chi connectivity index (χ1n) is 9.17. The SMILES string of the molecule is CC(C)CN=C(NCCc1ccco1)NC1C2CCOC2C1(C)C. The van der Waals surface area contributed by atoms with Gasteiger partial charge in [-0.2, -0.15) is 0 Å². The Morgan fingerprint density at radius 3 is 2.96 bits per heavy atom. The molecular weight excluding hydrogens is 302 g/mol. The molecule has 0 radical (unpaired) electrons. The Balaban J connectivity index is 1.58. The van der Waals surface area contributed by atoms with E-state index >= 15 is 0 Å². The number of fused-ring (bicyclic) bond motifs is 1. The van der Waals surface area contributed by atoms with Gasteiger partial charge in [-0.25, -0.2) is 0 Å². The van der Waals surface area contributed by atoms with Crippen molar-refractivity contribution in [3.05, 3.63) is 24.2 Å². The number of rotatable bonds is 6. The molecule has 1 aromatic heterocycles. The summed E-state index contributed by atoms with van der Waals surface area (Å²) in [6, 6.07) is 4.36.